The lowest BCUT2D eigenvalue weighted by Crippen LogP contribution is -2.20. The number of methoxy groups -OCH3 is 1. The second-order valence-corrected chi connectivity index (χ2v) is 6.38. The van der Waals surface area contributed by atoms with Gasteiger partial charge in [-0.15, -0.1) is 0 Å². The van der Waals surface area contributed by atoms with Crippen molar-refractivity contribution in [3.05, 3.63) is 30.0 Å². The fourth-order valence-electron chi connectivity index (χ4n) is 3.30. The van der Waals surface area contributed by atoms with Crippen LogP contribution in [-0.4, -0.2) is 43.2 Å². The van der Waals surface area contributed by atoms with Crippen LogP contribution >= 0.6 is 0 Å². The van der Waals surface area contributed by atoms with Gasteiger partial charge in [-0.25, -0.2) is 0 Å². The van der Waals surface area contributed by atoms with E-state index in [1.54, 1.807) is 7.11 Å². The molecule has 0 radical (unpaired) electrons. The number of anilines is 1. The fraction of sp³-hybridized carbons (Fsp3) is 0.526. The summed E-state index contributed by atoms with van der Waals surface area (Å²) < 4.78 is 5.30. The van der Waals surface area contributed by atoms with Gasteiger partial charge < -0.3 is 15.0 Å². The lowest BCUT2D eigenvalue weighted by atomic mass is 10.1. The highest BCUT2D eigenvalue weighted by Crippen LogP contribution is 2.26. The van der Waals surface area contributed by atoms with Crippen LogP contribution in [-0.2, 0) is 0 Å². The molecule has 4 heteroatoms. The second kappa shape index (κ2) is 7.64. The molecular weight excluding hydrogens is 286 g/mol. The number of hydrogen-bond acceptors (Lipinski definition) is 4. The standard InChI is InChI=1S/C19H27N3O/c1-15-13-18(17-8-7-16(23-2)14-19(17)21-15)20-9-3-4-10-22-11-5-6-12-22/h7-8,13-14H,3-6,9-12H2,1-2H3,(H,20,21). The largest absolute Gasteiger partial charge is 0.497 e. The van der Waals surface area contributed by atoms with E-state index in [1.807, 2.05) is 19.1 Å². The molecule has 1 N–H and O–H groups in total. The molecule has 0 amide bonds. The molecule has 2 heterocycles. The normalized spacial score (nSPS) is 15.2. The zero-order chi connectivity index (χ0) is 16.1. The Balaban J connectivity index is 1.58. The Morgan fingerprint density at radius 2 is 2.00 bits per heavy atom. The second-order valence-electron chi connectivity index (χ2n) is 6.38. The van der Waals surface area contributed by atoms with Gasteiger partial charge in [0, 0.05) is 29.4 Å². The lowest BCUT2D eigenvalue weighted by Gasteiger charge is -2.15. The van der Waals surface area contributed by atoms with Crippen molar-refractivity contribution >= 4 is 16.6 Å². The van der Waals surface area contributed by atoms with Gasteiger partial charge in [0.1, 0.15) is 5.75 Å². The molecule has 2 aromatic rings. The maximum Gasteiger partial charge on any atom is 0.121 e. The number of rotatable bonds is 7. The summed E-state index contributed by atoms with van der Waals surface area (Å²) in [5, 5.41) is 4.75. The first kappa shape index (κ1) is 16.1. The Bertz CT molecular complexity index is 650. The van der Waals surface area contributed by atoms with Crippen molar-refractivity contribution in [2.45, 2.75) is 32.6 Å². The number of unbranched alkanes of at least 4 members (excludes halogenated alkanes) is 1. The van der Waals surface area contributed by atoms with Crippen LogP contribution < -0.4 is 10.1 Å². The molecule has 3 rings (SSSR count). The Kier molecular flexibility index (Phi) is 5.34. The molecular formula is C19H27N3O. The molecule has 4 nitrogen and oxygen atoms in total. The van der Waals surface area contributed by atoms with Gasteiger partial charge in [-0.05, 0) is 70.4 Å². The summed E-state index contributed by atoms with van der Waals surface area (Å²) in [6.45, 7) is 6.89. The minimum Gasteiger partial charge on any atom is -0.497 e. The Morgan fingerprint density at radius 3 is 2.78 bits per heavy atom. The van der Waals surface area contributed by atoms with Crippen LogP contribution in [0.4, 0.5) is 5.69 Å². The number of likely N-dealkylation sites (tertiary alicyclic amines) is 1. The summed E-state index contributed by atoms with van der Waals surface area (Å²) in [5.41, 5.74) is 3.20. The quantitative estimate of drug-likeness (QED) is 0.788. The first-order chi connectivity index (χ1) is 11.3. The van der Waals surface area contributed by atoms with Crippen molar-refractivity contribution in [1.82, 2.24) is 9.88 Å². The Morgan fingerprint density at radius 1 is 1.17 bits per heavy atom. The predicted molar refractivity (Wildman–Crippen MR) is 96.4 cm³/mol. The fourth-order valence-corrected chi connectivity index (χ4v) is 3.30. The van der Waals surface area contributed by atoms with Gasteiger partial charge in [0.15, 0.2) is 0 Å². The molecule has 124 valence electrons. The van der Waals surface area contributed by atoms with E-state index in [0.717, 1.165) is 28.9 Å². The summed E-state index contributed by atoms with van der Waals surface area (Å²) >= 11 is 0. The Hall–Kier alpha value is -1.81. The number of aryl methyl sites for hydroxylation is 1. The average Bonchev–Trinajstić information content (AvgIpc) is 3.07. The van der Waals surface area contributed by atoms with E-state index < -0.39 is 0 Å². The number of fused-ring (bicyclic) bond motifs is 1. The van der Waals surface area contributed by atoms with Crippen LogP contribution in [0.3, 0.4) is 0 Å². The first-order valence-electron chi connectivity index (χ1n) is 8.68. The van der Waals surface area contributed by atoms with E-state index in [1.165, 1.54) is 51.0 Å². The van der Waals surface area contributed by atoms with Crippen molar-refractivity contribution < 1.29 is 4.74 Å². The van der Waals surface area contributed by atoms with Crippen LogP contribution in [0.25, 0.3) is 10.9 Å². The topological polar surface area (TPSA) is 37.4 Å². The molecule has 1 fully saturated rings. The summed E-state index contributed by atoms with van der Waals surface area (Å²) in [6.07, 6.45) is 5.23. The predicted octanol–water partition coefficient (Wildman–Crippen LogP) is 3.84. The summed E-state index contributed by atoms with van der Waals surface area (Å²) in [7, 11) is 1.69. The number of nitrogens with one attached hydrogen (secondary N) is 1. The van der Waals surface area contributed by atoms with Gasteiger partial charge in [-0.1, -0.05) is 0 Å². The van der Waals surface area contributed by atoms with Gasteiger partial charge in [0.25, 0.3) is 0 Å². The summed E-state index contributed by atoms with van der Waals surface area (Å²) in [5.74, 6) is 0.854. The molecule has 1 saturated heterocycles. The van der Waals surface area contributed by atoms with Crippen LogP contribution in [0.15, 0.2) is 24.3 Å². The molecule has 1 aliphatic heterocycles. The van der Waals surface area contributed by atoms with Gasteiger partial charge in [0.2, 0.25) is 0 Å². The summed E-state index contributed by atoms with van der Waals surface area (Å²) in [4.78, 5) is 7.20. The van der Waals surface area contributed by atoms with Crippen molar-refractivity contribution in [3.63, 3.8) is 0 Å². The molecule has 1 aromatic carbocycles. The van der Waals surface area contributed by atoms with Gasteiger partial charge >= 0.3 is 0 Å². The third-order valence-electron chi connectivity index (χ3n) is 4.56. The highest BCUT2D eigenvalue weighted by atomic mass is 16.5. The third-order valence-corrected chi connectivity index (χ3v) is 4.56. The molecule has 0 saturated carbocycles. The van der Waals surface area contributed by atoms with E-state index >= 15 is 0 Å². The Labute approximate surface area is 138 Å². The number of benzene rings is 1. The molecule has 1 aliphatic rings. The minimum absolute atomic E-state index is 0.854. The zero-order valence-corrected chi connectivity index (χ0v) is 14.3. The summed E-state index contributed by atoms with van der Waals surface area (Å²) in [6, 6.07) is 8.22. The molecule has 0 unspecified atom stereocenters. The first-order valence-corrected chi connectivity index (χ1v) is 8.68. The van der Waals surface area contributed by atoms with Crippen molar-refractivity contribution in [1.29, 1.82) is 0 Å². The van der Waals surface area contributed by atoms with Crippen LogP contribution in [0.5, 0.6) is 5.75 Å². The minimum atomic E-state index is 0.854. The highest BCUT2D eigenvalue weighted by molar-refractivity contribution is 5.92. The smallest absolute Gasteiger partial charge is 0.121 e. The van der Waals surface area contributed by atoms with Gasteiger partial charge in [-0.3, -0.25) is 4.98 Å². The van der Waals surface area contributed by atoms with Crippen molar-refractivity contribution in [2.75, 3.05) is 38.6 Å². The zero-order valence-electron chi connectivity index (χ0n) is 14.3. The monoisotopic (exact) mass is 313 g/mol. The van der Waals surface area contributed by atoms with Crippen molar-refractivity contribution in [3.8, 4) is 5.75 Å². The van der Waals surface area contributed by atoms with E-state index in [0.29, 0.717) is 0 Å². The van der Waals surface area contributed by atoms with E-state index in [9.17, 15) is 0 Å². The van der Waals surface area contributed by atoms with E-state index in [2.05, 4.69) is 27.3 Å². The molecule has 0 spiro atoms. The SMILES string of the molecule is COc1ccc2c(NCCCCN3CCCC3)cc(C)nc2c1. The number of ether oxygens (including phenoxy) is 1. The molecule has 0 atom stereocenters. The number of nitrogens with zero attached hydrogens (tertiary/aromatic N) is 2. The van der Waals surface area contributed by atoms with E-state index in [-0.39, 0.29) is 0 Å². The van der Waals surface area contributed by atoms with Gasteiger partial charge in [-0.2, -0.15) is 0 Å². The van der Waals surface area contributed by atoms with Crippen LogP contribution in [0, 0.1) is 6.92 Å². The number of hydrogen-bond donors (Lipinski definition) is 1. The average molecular weight is 313 g/mol. The maximum atomic E-state index is 5.30. The highest BCUT2D eigenvalue weighted by Gasteiger charge is 2.10. The molecule has 0 aliphatic carbocycles. The number of aromatic nitrogens is 1. The van der Waals surface area contributed by atoms with E-state index in [4.69, 9.17) is 4.74 Å². The van der Waals surface area contributed by atoms with Crippen LogP contribution in [0.2, 0.25) is 0 Å². The lowest BCUT2D eigenvalue weighted by molar-refractivity contribution is 0.331. The number of pyridine rings is 1. The third kappa shape index (κ3) is 4.14. The van der Waals surface area contributed by atoms with Crippen molar-refractivity contribution in [2.24, 2.45) is 0 Å². The maximum absolute atomic E-state index is 5.30. The molecule has 0 bridgehead atoms. The molecule has 1 aromatic heterocycles. The van der Waals surface area contributed by atoms with Crippen LogP contribution in [0.1, 0.15) is 31.4 Å². The molecule has 23 heavy (non-hydrogen) atoms. The van der Waals surface area contributed by atoms with Gasteiger partial charge in [0.05, 0.1) is 12.6 Å².